The summed E-state index contributed by atoms with van der Waals surface area (Å²) in [6, 6.07) is 0. The summed E-state index contributed by atoms with van der Waals surface area (Å²) in [5, 5.41) is 3.24. The Labute approximate surface area is 113 Å². The van der Waals surface area contributed by atoms with E-state index in [9.17, 15) is 0 Å². The van der Waals surface area contributed by atoms with Gasteiger partial charge in [0.2, 0.25) is 5.96 Å². The summed E-state index contributed by atoms with van der Waals surface area (Å²) in [7, 11) is 0. The maximum Gasteiger partial charge on any atom is 0.205 e. The van der Waals surface area contributed by atoms with Gasteiger partial charge in [-0.2, -0.15) is 0 Å². The maximum atomic E-state index is 5.41. The molecule has 4 N–H and O–H groups in total. The van der Waals surface area contributed by atoms with Crippen molar-refractivity contribution in [2.45, 2.75) is 59.8 Å². The third-order valence-electron chi connectivity index (χ3n) is 2.75. The number of nitrogens with two attached hydrogens (primary N) is 1. The molecule has 0 aliphatic rings. The van der Waals surface area contributed by atoms with Crippen LogP contribution in [-0.2, 0) is 0 Å². The molecule has 0 atom stereocenters. The average molecular weight is 256 g/mol. The molecular formula is C14H32N4. The quantitative estimate of drug-likeness (QED) is 0.195. The van der Waals surface area contributed by atoms with Crippen molar-refractivity contribution in [1.82, 2.24) is 10.7 Å². The summed E-state index contributed by atoms with van der Waals surface area (Å²) >= 11 is 0. The predicted molar refractivity (Wildman–Crippen MR) is 80.4 cm³/mol. The number of guanidine groups is 1. The molecule has 0 rings (SSSR count). The van der Waals surface area contributed by atoms with Crippen LogP contribution in [0.1, 0.15) is 59.8 Å². The van der Waals surface area contributed by atoms with E-state index in [2.05, 4.69) is 43.4 Å². The number of hydrazine groups is 1. The fourth-order valence-electron chi connectivity index (χ4n) is 1.66. The highest BCUT2D eigenvalue weighted by molar-refractivity contribution is 5.79. The van der Waals surface area contributed by atoms with Crippen LogP contribution in [-0.4, -0.2) is 19.0 Å². The zero-order valence-electron chi connectivity index (χ0n) is 12.6. The van der Waals surface area contributed by atoms with Gasteiger partial charge < -0.3 is 5.32 Å². The Hall–Kier alpha value is -0.770. The number of hydrogen-bond acceptors (Lipinski definition) is 2. The Morgan fingerprint density at radius 1 is 1.00 bits per heavy atom. The number of nitrogens with zero attached hydrogens (tertiary/aromatic N) is 1. The zero-order valence-corrected chi connectivity index (χ0v) is 12.6. The van der Waals surface area contributed by atoms with Crippen LogP contribution in [0.3, 0.4) is 0 Å². The molecule has 0 heterocycles. The fourth-order valence-corrected chi connectivity index (χ4v) is 1.66. The molecule has 0 aliphatic heterocycles. The summed E-state index contributed by atoms with van der Waals surface area (Å²) in [4.78, 5) is 4.37. The number of aliphatic imine (C=N–C) groups is 1. The summed E-state index contributed by atoms with van der Waals surface area (Å²) in [6.45, 7) is 10.6. The molecule has 0 radical (unpaired) electrons. The van der Waals surface area contributed by atoms with Gasteiger partial charge in [-0.15, -0.1) is 0 Å². The highest BCUT2D eigenvalue weighted by Gasteiger charge is 1.97. The van der Waals surface area contributed by atoms with E-state index < -0.39 is 0 Å². The van der Waals surface area contributed by atoms with Gasteiger partial charge in [-0.3, -0.25) is 10.4 Å². The Kier molecular flexibility index (Phi) is 10.8. The molecule has 0 aromatic carbocycles. The van der Waals surface area contributed by atoms with Crippen LogP contribution in [0, 0.1) is 11.8 Å². The lowest BCUT2D eigenvalue weighted by atomic mass is 10.0. The lowest BCUT2D eigenvalue weighted by Crippen LogP contribution is -2.42. The molecule has 108 valence electrons. The van der Waals surface area contributed by atoms with Crippen molar-refractivity contribution in [1.29, 1.82) is 0 Å². The van der Waals surface area contributed by atoms with Crippen LogP contribution in [0.5, 0.6) is 0 Å². The normalized spacial score (nSPS) is 12.3. The summed E-state index contributed by atoms with van der Waals surface area (Å²) in [5.74, 6) is 7.52. The van der Waals surface area contributed by atoms with Crippen molar-refractivity contribution >= 4 is 5.96 Å². The smallest absolute Gasteiger partial charge is 0.205 e. The Balaban J connectivity index is 3.48. The van der Waals surface area contributed by atoms with Crippen molar-refractivity contribution < 1.29 is 0 Å². The third-order valence-corrected chi connectivity index (χ3v) is 2.75. The molecule has 0 aromatic rings. The van der Waals surface area contributed by atoms with Gasteiger partial charge in [-0.25, -0.2) is 5.84 Å². The minimum atomic E-state index is 0.561. The molecule has 18 heavy (non-hydrogen) atoms. The summed E-state index contributed by atoms with van der Waals surface area (Å²) < 4.78 is 0. The number of hydrogen-bond donors (Lipinski definition) is 3. The lowest BCUT2D eigenvalue weighted by molar-refractivity contribution is 0.518. The van der Waals surface area contributed by atoms with Crippen LogP contribution >= 0.6 is 0 Å². The van der Waals surface area contributed by atoms with Crippen molar-refractivity contribution in [3.63, 3.8) is 0 Å². The van der Waals surface area contributed by atoms with E-state index in [1.165, 1.54) is 32.1 Å². The second-order valence-electron chi connectivity index (χ2n) is 5.75. The van der Waals surface area contributed by atoms with Crippen LogP contribution in [0.2, 0.25) is 0 Å². The number of rotatable bonds is 9. The van der Waals surface area contributed by atoms with Crippen molar-refractivity contribution in [3.05, 3.63) is 0 Å². The van der Waals surface area contributed by atoms with E-state index in [-0.39, 0.29) is 0 Å². The first kappa shape index (κ1) is 17.2. The van der Waals surface area contributed by atoms with Gasteiger partial charge in [0.1, 0.15) is 0 Å². The molecule has 0 aromatic heterocycles. The second-order valence-corrected chi connectivity index (χ2v) is 5.75. The van der Waals surface area contributed by atoms with Gasteiger partial charge in [0.05, 0.1) is 0 Å². The summed E-state index contributed by atoms with van der Waals surface area (Å²) in [5.41, 5.74) is 2.61. The SMILES string of the molecule is CC(C)CCCCCCNC(=NCC(C)C)NN. The minimum Gasteiger partial charge on any atom is -0.355 e. The van der Waals surface area contributed by atoms with E-state index in [1.54, 1.807) is 0 Å². The van der Waals surface area contributed by atoms with E-state index in [4.69, 9.17) is 5.84 Å². The molecule has 0 bridgehead atoms. The molecule has 4 nitrogen and oxygen atoms in total. The Bertz CT molecular complexity index is 212. The molecular weight excluding hydrogens is 224 g/mol. The molecule has 0 unspecified atom stereocenters. The fraction of sp³-hybridized carbons (Fsp3) is 0.929. The van der Waals surface area contributed by atoms with E-state index in [0.717, 1.165) is 19.0 Å². The highest BCUT2D eigenvalue weighted by atomic mass is 15.3. The van der Waals surface area contributed by atoms with E-state index >= 15 is 0 Å². The van der Waals surface area contributed by atoms with Gasteiger partial charge in [-0.05, 0) is 18.3 Å². The Morgan fingerprint density at radius 3 is 2.22 bits per heavy atom. The van der Waals surface area contributed by atoms with Gasteiger partial charge >= 0.3 is 0 Å². The molecule has 0 aliphatic carbocycles. The maximum absolute atomic E-state index is 5.41. The number of unbranched alkanes of at least 4 members (excludes halogenated alkanes) is 3. The van der Waals surface area contributed by atoms with E-state index in [0.29, 0.717) is 11.9 Å². The largest absolute Gasteiger partial charge is 0.355 e. The number of nitrogens with one attached hydrogen (secondary N) is 2. The zero-order chi connectivity index (χ0) is 13.8. The Morgan fingerprint density at radius 2 is 1.67 bits per heavy atom. The van der Waals surface area contributed by atoms with Crippen LogP contribution in [0.4, 0.5) is 0 Å². The van der Waals surface area contributed by atoms with E-state index in [1.807, 2.05) is 0 Å². The molecule has 0 amide bonds. The highest BCUT2D eigenvalue weighted by Crippen LogP contribution is 2.08. The monoisotopic (exact) mass is 256 g/mol. The average Bonchev–Trinajstić information content (AvgIpc) is 2.31. The first-order valence-electron chi connectivity index (χ1n) is 7.31. The van der Waals surface area contributed by atoms with Crippen LogP contribution in [0.25, 0.3) is 0 Å². The van der Waals surface area contributed by atoms with Gasteiger partial charge in [0.15, 0.2) is 0 Å². The molecule has 0 saturated carbocycles. The second kappa shape index (κ2) is 11.3. The van der Waals surface area contributed by atoms with Gasteiger partial charge in [0.25, 0.3) is 0 Å². The van der Waals surface area contributed by atoms with Crippen LogP contribution < -0.4 is 16.6 Å². The molecule has 0 spiro atoms. The van der Waals surface area contributed by atoms with Crippen LogP contribution in [0.15, 0.2) is 4.99 Å². The molecule has 0 saturated heterocycles. The molecule has 4 heteroatoms. The first-order valence-corrected chi connectivity index (χ1v) is 7.31. The summed E-state index contributed by atoms with van der Waals surface area (Å²) in [6.07, 6.45) is 6.48. The minimum absolute atomic E-state index is 0.561. The first-order chi connectivity index (χ1) is 8.56. The standard InChI is InChI=1S/C14H32N4/c1-12(2)9-7-5-6-8-10-16-14(18-15)17-11-13(3)4/h12-13H,5-11,15H2,1-4H3,(H2,16,17,18). The van der Waals surface area contributed by atoms with Crippen molar-refractivity contribution in [2.24, 2.45) is 22.7 Å². The van der Waals surface area contributed by atoms with Gasteiger partial charge in [-0.1, -0.05) is 53.4 Å². The van der Waals surface area contributed by atoms with Gasteiger partial charge in [0, 0.05) is 13.1 Å². The topological polar surface area (TPSA) is 62.4 Å². The van der Waals surface area contributed by atoms with Crippen molar-refractivity contribution in [2.75, 3.05) is 13.1 Å². The lowest BCUT2D eigenvalue weighted by Gasteiger charge is -2.10. The molecule has 0 fully saturated rings. The van der Waals surface area contributed by atoms with Crippen molar-refractivity contribution in [3.8, 4) is 0 Å². The predicted octanol–water partition coefficient (Wildman–Crippen LogP) is 2.66. The third kappa shape index (κ3) is 11.7.